The molecular weight excluding hydrogens is 224 g/mol. The fourth-order valence-corrected chi connectivity index (χ4v) is 1.69. The Labute approximate surface area is 99.7 Å². The lowest BCUT2D eigenvalue weighted by atomic mass is 10.4. The summed E-state index contributed by atoms with van der Waals surface area (Å²) in [5.74, 6) is 0. The van der Waals surface area contributed by atoms with Crippen LogP contribution in [0, 0.1) is 0 Å². The number of hydrazine groups is 2. The zero-order valence-electron chi connectivity index (χ0n) is 9.89. The number of hydrogen-bond acceptors (Lipinski definition) is 5. The van der Waals surface area contributed by atoms with Gasteiger partial charge in [-0.1, -0.05) is 0 Å². The van der Waals surface area contributed by atoms with E-state index < -0.39 is 6.09 Å². The third kappa shape index (κ3) is 3.16. The van der Waals surface area contributed by atoms with Crippen molar-refractivity contribution in [2.24, 2.45) is 4.99 Å². The van der Waals surface area contributed by atoms with E-state index in [0.29, 0.717) is 18.9 Å². The molecule has 0 unspecified atom stereocenters. The van der Waals surface area contributed by atoms with Crippen LogP contribution in [0.4, 0.5) is 4.79 Å². The van der Waals surface area contributed by atoms with E-state index in [1.807, 2.05) is 11.0 Å². The van der Waals surface area contributed by atoms with Crippen molar-refractivity contribution in [2.45, 2.75) is 6.92 Å². The number of carbonyl (C=O) groups excluding carboxylic acids is 1. The fraction of sp³-hybridized carbons (Fsp3) is 0.700. The number of nitrogens with one attached hydrogen (secondary N) is 1. The molecule has 1 amide bonds. The number of morpholine rings is 1. The molecule has 0 aliphatic carbocycles. The van der Waals surface area contributed by atoms with Crippen LogP contribution in [0.2, 0.25) is 0 Å². The quantitative estimate of drug-likeness (QED) is 0.656. The first-order valence-corrected chi connectivity index (χ1v) is 5.74. The number of hydrogen-bond donors (Lipinski definition) is 1. The highest BCUT2D eigenvalue weighted by Gasteiger charge is 2.26. The predicted molar refractivity (Wildman–Crippen MR) is 61.2 cm³/mol. The van der Waals surface area contributed by atoms with Crippen molar-refractivity contribution in [3.05, 3.63) is 0 Å². The zero-order valence-corrected chi connectivity index (χ0v) is 9.89. The molecule has 1 N–H and O–H groups in total. The maximum atomic E-state index is 11.2. The van der Waals surface area contributed by atoms with Crippen molar-refractivity contribution in [3.63, 3.8) is 0 Å². The summed E-state index contributed by atoms with van der Waals surface area (Å²) in [5.41, 5.74) is 3.81. The van der Waals surface area contributed by atoms with Gasteiger partial charge in [-0.25, -0.2) is 4.79 Å². The van der Waals surface area contributed by atoms with Crippen molar-refractivity contribution < 1.29 is 19.1 Å². The molecule has 2 aliphatic heterocycles. The van der Waals surface area contributed by atoms with Gasteiger partial charge in [0, 0.05) is 0 Å². The highest BCUT2D eigenvalue weighted by molar-refractivity contribution is 6.32. The molecule has 1 saturated heterocycles. The van der Waals surface area contributed by atoms with Crippen LogP contribution >= 0.6 is 0 Å². The molecule has 0 radical (unpaired) electrons. The van der Waals surface area contributed by atoms with Crippen molar-refractivity contribution in [3.8, 4) is 0 Å². The highest BCUT2D eigenvalue weighted by Crippen LogP contribution is 1.98. The van der Waals surface area contributed by atoms with Gasteiger partial charge in [0.25, 0.3) is 6.21 Å². The third-order valence-electron chi connectivity index (χ3n) is 2.49. The van der Waals surface area contributed by atoms with Gasteiger partial charge in [0.05, 0.1) is 32.9 Å². The summed E-state index contributed by atoms with van der Waals surface area (Å²) in [7, 11) is 0. The number of rotatable bonds is 2. The van der Waals surface area contributed by atoms with Gasteiger partial charge in [0.2, 0.25) is 0 Å². The van der Waals surface area contributed by atoms with E-state index in [0.717, 1.165) is 26.3 Å². The molecule has 0 aromatic rings. The molecule has 94 valence electrons. The molecule has 2 heterocycles. The molecule has 0 saturated carbocycles. The summed E-state index contributed by atoms with van der Waals surface area (Å²) in [6.45, 7) is 5.74. The molecular formula is C10H17N4O3+. The van der Waals surface area contributed by atoms with Gasteiger partial charge in [0.1, 0.15) is 12.3 Å². The van der Waals surface area contributed by atoms with Gasteiger partial charge in [-0.2, -0.15) is 15.4 Å². The topological polar surface area (TPSA) is 66.2 Å². The summed E-state index contributed by atoms with van der Waals surface area (Å²) in [6.07, 6.45) is 1.27. The minimum absolute atomic E-state index is 0.343. The third-order valence-corrected chi connectivity index (χ3v) is 2.49. The molecule has 1 fully saturated rings. The Morgan fingerprint density at radius 1 is 1.65 bits per heavy atom. The molecule has 17 heavy (non-hydrogen) atoms. The summed E-state index contributed by atoms with van der Waals surface area (Å²) < 4.78 is 10.0. The van der Waals surface area contributed by atoms with E-state index in [-0.39, 0.29) is 0 Å². The Hall–Kier alpha value is -1.63. The van der Waals surface area contributed by atoms with E-state index in [9.17, 15) is 4.79 Å². The Morgan fingerprint density at radius 2 is 2.41 bits per heavy atom. The lowest BCUT2D eigenvalue weighted by Gasteiger charge is -2.22. The summed E-state index contributed by atoms with van der Waals surface area (Å²) in [4.78, 5) is 16.9. The Bertz CT molecular complexity index is 347. The maximum absolute atomic E-state index is 11.2. The first kappa shape index (κ1) is 11.8. The second kappa shape index (κ2) is 5.62. The summed E-state index contributed by atoms with van der Waals surface area (Å²) in [5, 5.41) is 2.11. The average Bonchev–Trinajstić information content (AvgIpc) is 2.79. The van der Waals surface area contributed by atoms with Crippen molar-refractivity contribution >= 4 is 18.0 Å². The van der Waals surface area contributed by atoms with Crippen LogP contribution in [0.3, 0.4) is 0 Å². The van der Waals surface area contributed by atoms with Gasteiger partial charge in [-0.15, -0.1) is 0 Å². The Morgan fingerprint density at radius 3 is 3.12 bits per heavy atom. The molecule has 7 nitrogen and oxygen atoms in total. The van der Waals surface area contributed by atoms with E-state index >= 15 is 0 Å². The largest absolute Gasteiger partial charge is 0.448 e. The smallest absolute Gasteiger partial charge is 0.434 e. The molecule has 0 atom stereocenters. The number of nitrogens with zero attached hydrogens (tertiary/aromatic N) is 3. The minimum Gasteiger partial charge on any atom is -0.448 e. The SMILES string of the molecule is CCOC(=O)N=C1C=[N+](N2CCOCC2)NC1. The highest BCUT2D eigenvalue weighted by atomic mass is 16.5. The molecule has 0 aromatic carbocycles. The van der Waals surface area contributed by atoms with Crippen LogP contribution < -0.4 is 5.43 Å². The minimum atomic E-state index is -0.538. The second-order valence-corrected chi connectivity index (χ2v) is 3.68. The fourth-order valence-electron chi connectivity index (χ4n) is 1.69. The molecule has 2 aliphatic rings. The van der Waals surface area contributed by atoms with Gasteiger partial charge >= 0.3 is 6.09 Å². The van der Waals surface area contributed by atoms with Crippen LogP contribution in [-0.2, 0) is 9.47 Å². The van der Waals surface area contributed by atoms with Crippen LogP contribution in [0.15, 0.2) is 4.99 Å². The van der Waals surface area contributed by atoms with Crippen molar-refractivity contribution in [2.75, 3.05) is 39.5 Å². The van der Waals surface area contributed by atoms with E-state index in [2.05, 4.69) is 15.4 Å². The van der Waals surface area contributed by atoms with Crippen LogP contribution in [0.5, 0.6) is 0 Å². The molecule has 0 bridgehead atoms. The number of amides is 1. The van der Waals surface area contributed by atoms with Crippen molar-refractivity contribution in [1.82, 2.24) is 10.4 Å². The monoisotopic (exact) mass is 241 g/mol. The first-order chi connectivity index (χ1) is 8.29. The number of aliphatic imine (C=N–C) groups is 1. The standard InChI is InChI=1S/C10H16N4O3/c1-2-17-10(15)12-9-7-11-14(8-9)13-3-5-16-6-4-13/h8H,2-7H2,1H3/p+1. The van der Waals surface area contributed by atoms with Crippen molar-refractivity contribution in [1.29, 1.82) is 0 Å². The van der Waals surface area contributed by atoms with Gasteiger partial charge in [-0.05, 0) is 11.7 Å². The molecule has 7 heteroatoms. The Kier molecular flexibility index (Phi) is 3.92. The summed E-state index contributed by atoms with van der Waals surface area (Å²) >= 11 is 0. The molecule has 0 spiro atoms. The van der Waals surface area contributed by atoms with E-state index in [4.69, 9.17) is 9.47 Å². The van der Waals surface area contributed by atoms with Gasteiger partial charge < -0.3 is 9.47 Å². The van der Waals surface area contributed by atoms with Gasteiger partial charge in [-0.3, -0.25) is 0 Å². The van der Waals surface area contributed by atoms with Gasteiger partial charge in [0.15, 0.2) is 0 Å². The lowest BCUT2D eigenvalue weighted by molar-refractivity contribution is -0.730. The summed E-state index contributed by atoms with van der Waals surface area (Å²) in [6, 6.07) is 0. The molecule has 0 aromatic heterocycles. The second-order valence-electron chi connectivity index (χ2n) is 3.68. The van der Waals surface area contributed by atoms with Crippen LogP contribution in [0.1, 0.15) is 6.92 Å². The lowest BCUT2D eigenvalue weighted by Crippen LogP contribution is -2.47. The van der Waals surface area contributed by atoms with E-state index in [1.165, 1.54) is 0 Å². The zero-order chi connectivity index (χ0) is 12.1. The van der Waals surface area contributed by atoms with Crippen LogP contribution in [0.25, 0.3) is 0 Å². The predicted octanol–water partition coefficient (Wildman–Crippen LogP) is -0.567. The molecule has 2 rings (SSSR count). The number of ether oxygens (including phenoxy) is 2. The average molecular weight is 241 g/mol. The number of hydrazone groups is 2. The maximum Gasteiger partial charge on any atom is 0.434 e. The normalized spacial score (nSPS) is 22.3. The Balaban J connectivity index is 1.95. The van der Waals surface area contributed by atoms with E-state index in [1.54, 1.807) is 6.92 Å². The number of carbonyl (C=O) groups is 1. The first-order valence-electron chi connectivity index (χ1n) is 5.74. The van der Waals surface area contributed by atoms with Crippen LogP contribution in [-0.4, -0.2) is 67.3 Å².